The van der Waals surface area contributed by atoms with Crippen molar-refractivity contribution in [2.75, 3.05) is 6.54 Å². The molecule has 0 aliphatic heterocycles. The van der Waals surface area contributed by atoms with Crippen molar-refractivity contribution in [2.24, 2.45) is 7.05 Å². The van der Waals surface area contributed by atoms with Crippen LogP contribution in [0.5, 0.6) is 11.5 Å². The van der Waals surface area contributed by atoms with Gasteiger partial charge in [-0.1, -0.05) is 6.07 Å². The number of pyridine rings is 2. The Balaban J connectivity index is 2.00. The highest BCUT2D eigenvalue weighted by Gasteiger charge is 2.23. The second kappa shape index (κ2) is 9.03. The fourth-order valence-electron chi connectivity index (χ4n) is 4.08. The van der Waals surface area contributed by atoms with E-state index in [1.54, 1.807) is 39.4 Å². The minimum Gasteiger partial charge on any atom is -0.455 e. The number of aromatic amines is 1. The summed E-state index contributed by atoms with van der Waals surface area (Å²) in [6, 6.07) is 9.04. The van der Waals surface area contributed by atoms with Gasteiger partial charge in [-0.25, -0.2) is 0 Å². The number of aromatic nitrogens is 3. The van der Waals surface area contributed by atoms with E-state index >= 15 is 0 Å². The molecular formula is C27H30N4O4. The monoisotopic (exact) mass is 474 g/mol. The lowest BCUT2D eigenvalue weighted by Gasteiger charge is -2.21. The highest BCUT2D eigenvalue weighted by Crippen LogP contribution is 2.40. The average molecular weight is 475 g/mol. The van der Waals surface area contributed by atoms with Crippen LogP contribution in [-0.2, 0) is 12.6 Å². The third-order valence-electron chi connectivity index (χ3n) is 6.01. The smallest absolute Gasteiger partial charge is 0.274 e. The van der Waals surface area contributed by atoms with Gasteiger partial charge in [0.15, 0.2) is 5.75 Å². The molecule has 4 aromatic rings. The normalized spacial score (nSPS) is 11.6. The number of fused-ring (bicyclic) bond motifs is 1. The first kappa shape index (κ1) is 24.2. The SMILES string of the molecule is CCNC(=O)c1cc2c(-c3cc(C(C)(C)O)ccc3Oc3c(C)ccnc3C)cn(C)c(=O)c2[nH]1. The minimum absolute atomic E-state index is 0.251. The van der Waals surface area contributed by atoms with E-state index < -0.39 is 5.60 Å². The fourth-order valence-corrected chi connectivity index (χ4v) is 4.08. The Kier molecular flexibility index (Phi) is 6.25. The summed E-state index contributed by atoms with van der Waals surface area (Å²) in [6.45, 7) is 9.55. The molecule has 0 aliphatic carbocycles. The van der Waals surface area contributed by atoms with Crippen LogP contribution in [0.2, 0.25) is 0 Å². The molecule has 35 heavy (non-hydrogen) atoms. The number of rotatable bonds is 6. The summed E-state index contributed by atoms with van der Waals surface area (Å²) >= 11 is 0. The predicted molar refractivity (Wildman–Crippen MR) is 136 cm³/mol. The first-order valence-corrected chi connectivity index (χ1v) is 11.5. The Labute approximate surface area is 203 Å². The van der Waals surface area contributed by atoms with Crippen molar-refractivity contribution in [1.29, 1.82) is 0 Å². The molecule has 0 radical (unpaired) electrons. The molecule has 3 heterocycles. The van der Waals surface area contributed by atoms with Gasteiger partial charge < -0.3 is 24.7 Å². The molecule has 0 fully saturated rings. The van der Waals surface area contributed by atoms with E-state index in [-0.39, 0.29) is 11.5 Å². The number of nitrogens with zero attached hydrogens (tertiary/aromatic N) is 2. The lowest BCUT2D eigenvalue weighted by Crippen LogP contribution is -2.23. The molecule has 1 amide bonds. The molecule has 0 saturated carbocycles. The van der Waals surface area contributed by atoms with Gasteiger partial charge in [0.05, 0.1) is 11.3 Å². The molecule has 0 saturated heterocycles. The van der Waals surface area contributed by atoms with Gasteiger partial charge in [-0.2, -0.15) is 0 Å². The zero-order valence-electron chi connectivity index (χ0n) is 20.8. The largest absolute Gasteiger partial charge is 0.455 e. The number of nitrogens with one attached hydrogen (secondary N) is 2. The molecule has 1 aromatic carbocycles. The molecule has 0 atom stereocenters. The Morgan fingerprint density at radius 1 is 1.20 bits per heavy atom. The number of benzene rings is 1. The maximum absolute atomic E-state index is 12.9. The zero-order chi connectivity index (χ0) is 25.5. The van der Waals surface area contributed by atoms with Crippen LogP contribution >= 0.6 is 0 Å². The van der Waals surface area contributed by atoms with Gasteiger partial charge in [0.25, 0.3) is 11.5 Å². The Morgan fingerprint density at radius 2 is 1.94 bits per heavy atom. The van der Waals surface area contributed by atoms with E-state index in [0.29, 0.717) is 51.3 Å². The van der Waals surface area contributed by atoms with Gasteiger partial charge in [0, 0.05) is 42.5 Å². The molecule has 0 aliphatic rings. The summed E-state index contributed by atoms with van der Waals surface area (Å²) in [4.78, 5) is 32.8. The third kappa shape index (κ3) is 4.57. The van der Waals surface area contributed by atoms with E-state index in [1.807, 2.05) is 45.0 Å². The number of aryl methyl sites for hydroxylation is 3. The van der Waals surface area contributed by atoms with Crippen LogP contribution in [-0.4, -0.2) is 32.1 Å². The van der Waals surface area contributed by atoms with Crippen molar-refractivity contribution < 1.29 is 14.6 Å². The van der Waals surface area contributed by atoms with Crippen molar-refractivity contribution in [3.8, 4) is 22.6 Å². The highest BCUT2D eigenvalue weighted by atomic mass is 16.5. The van der Waals surface area contributed by atoms with E-state index in [4.69, 9.17) is 4.74 Å². The minimum atomic E-state index is -1.10. The molecular weight excluding hydrogens is 444 g/mol. The van der Waals surface area contributed by atoms with Crippen LogP contribution in [0, 0.1) is 13.8 Å². The van der Waals surface area contributed by atoms with Gasteiger partial charge >= 0.3 is 0 Å². The van der Waals surface area contributed by atoms with Crippen molar-refractivity contribution >= 4 is 16.8 Å². The number of hydrogen-bond acceptors (Lipinski definition) is 5. The standard InChI is InChI=1S/C27H30N4O4/c1-7-28-25(32)21-13-19-20(14-31(6)26(33)23(19)30-21)18-12-17(27(4,5)34)8-9-22(18)35-24-15(2)10-11-29-16(24)3/h8-14,30,34H,7H2,1-6H3,(H,28,32). The number of carbonyl (C=O) groups is 1. The maximum Gasteiger partial charge on any atom is 0.274 e. The Morgan fingerprint density at radius 3 is 2.60 bits per heavy atom. The Hall–Kier alpha value is -3.91. The summed E-state index contributed by atoms with van der Waals surface area (Å²) in [5.41, 5.74) is 2.99. The summed E-state index contributed by atoms with van der Waals surface area (Å²) in [5, 5.41) is 14.1. The number of aliphatic hydroxyl groups is 1. The number of amides is 1. The molecule has 0 bridgehead atoms. The van der Waals surface area contributed by atoms with Gasteiger partial charge in [0.2, 0.25) is 0 Å². The van der Waals surface area contributed by atoms with E-state index in [2.05, 4.69) is 15.3 Å². The quantitative estimate of drug-likeness (QED) is 0.386. The number of ether oxygens (including phenoxy) is 1. The van der Waals surface area contributed by atoms with Crippen LogP contribution in [0.15, 0.2) is 47.5 Å². The van der Waals surface area contributed by atoms with E-state index in [0.717, 1.165) is 11.3 Å². The molecule has 0 unspecified atom stereocenters. The molecule has 3 N–H and O–H groups in total. The van der Waals surface area contributed by atoms with Gasteiger partial charge in [-0.15, -0.1) is 0 Å². The summed E-state index contributed by atoms with van der Waals surface area (Å²) in [7, 11) is 1.66. The molecule has 0 spiro atoms. The molecule has 3 aromatic heterocycles. The van der Waals surface area contributed by atoms with Crippen molar-refractivity contribution in [2.45, 2.75) is 40.2 Å². The lowest BCUT2D eigenvalue weighted by molar-refractivity contribution is 0.0786. The molecule has 4 rings (SSSR count). The number of hydrogen-bond donors (Lipinski definition) is 3. The zero-order valence-corrected chi connectivity index (χ0v) is 20.8. The van der Waals surface area contributed by atoms with Crippen molar-refractivity contribution in [3.63, 3.8) is 0 Å². The van der Waals surface area contributed by atoms with Crippen molar-refractivity contribution in [1.82, 2.24) is 19.9 Å². The van der Waals surface area contributed by atoms with Crippen molar-refractivity contribution in [3.05, 3.63) is 75.6 Å². The molecule has 8 heteroatoms. The number of H-pyrrole nitrogens is 1. The molecule has 182 valence electrons. The van der Waals surface area contributed by atoms with Crippen LogP contribution in [0.3, 0.4) is 0 Å². The van der Waals surface area contributed by atoms with Gasteiger partial charge in [-0.3, -0.25) is 14.6 Å². The second-order valence-electron chi connectivity index (χ2n) is 9.20. The predicted octanol–water partition coefficient (Wildman–Crippen LogP) is 4.31. The highest BCUT2D eigenvalue weighted by molar-refractivity contribution is 6.03. The van der Waals surface area contributed by atoms with E-state index in [9.17, 15) is 14.7 Å². The topological polar surface area (TPSA) is 109 Å². The summed E-state index contributed by atoms with van der Waals surface area (Å²) in [5.74, 6) is 0.890. The Bertz CT molecular complexity index is 1470. The second-order valence-corrected chi connectivity index (χ2v) is 9.20. The summed E-state index contributed by atoms with van der Waals surface area (Å²) < 4.78 is 7.85. The first-order valence-electron chi connectivity index (χ1n) is 11.5. The van der Waals surface area contributed by atoms with Crippen LogP contribution in [0.1, 0.15) is 48.1 Å². The lowest BCUT2D eigenvalue weighted by atomic mass is 9.93. The van der Waals surface area contributed by atoms with Gasteiger partial charge in [0.1, 0.15) is 17.0 Å². The molecule has 8 nitrogen and oxygen atoms in total. The van der Waals surface area contributed by atoms with Crippen LogP contribution in [0.25, 0.3) is 22.0 Å². The van der Waals surface area contributed by atoms with Gasteiger partial charge in [-0.05, 0) is 70.0 Å². The first-order chi connectivity index (χ1) is 16.5. The van der Waals surface area contributed by atoms with Crippen LogP contribution in [0.4, 0.5) is 0 Å². The third-order valence-corrected chi connectivity index (χ3v) is 6.01. The average Bonchev–Trinajstić information content (AvgIpc) is 3.24. The van der Waals surface area contributed by atoms with Crippen LogP contribution < -0.4 is 15.6 Å². The maximum atomic E-state index is 12.9. The van der Waals surface area contributed by atoms with E-state index in [1.165, 1.54) is 4.57 Å². The number of carbonyl (C=O) groups excluding carboxylic acids is 1. The summed E-state index contributed by atoms with van der Waals surface area (Å²) in [6.07, 6.45) is 3.45. The fraction of sp³-hybridized carbons (Fsp3) is 0.296.